The average Bonchev–Trinajstić information content (AvgIpc) is 2.80. The third kappa shape index (κ3) is 3.57. The fourth-order valence-corrected chi connectivity index (χ4v) is 2.24. The maximum atomic E-state index is 12.2. The van der Waals surface area contributed by atoms with Crippen LogP contribution in [0, 0.1) is 5.92 Å². The second kappa shape index (κ2) is 6.21. The molecule has 21 heavy (non-hydrogen) atoms. The number of aromatic nitrogens is 3. The summed E-state index contributed by atoms with van der Waals surface area (Å²) in [7, 11) is 0. The van der Waals surface area contributed by atoms with Gasteiger partial charge in [0.05, 0.1) is 10.7 Å². The molecule has 2 rings (SSSR count). The van der Waals surface area contributed by atoms with E-state index in [4.69, 9.17) is 5.11 Å². The second-order valence-corrected chi connectivity index (χ2v) is 6.01. The minimum atomic E-state index is -1.05. The topological polar surface area (TPSA) is 96.6 Å². The highest BCUT2D eigenvalue weighted by Gasteiger charge is 2.23. The fraction of sp³-hybridized carbons (Fsp3) is 0.385. The fourth-order valence-electron chi connectivity index (χ4n) is 1.94. The summed E-state index contributed by atoms with van der Waals surface area (Å²) in [5.74, 6) is -1.39. The van der Waals surface area contributed by atoms with Crippen LogP contribution in [0.25, 0.3) is 5.65 Å². The van der Waals surface area contributed by atoms with Crippen LogP contribution in [0.5, 0.6) is 0 Å². The Bertz CT molecular complexity index is 683. The minimum absolute atomic E-state index is 0.157. The molecule has 0 saturated carbocycles. The van der Waals surface area contributed by atoms with Crippen LogP contribution in [-0.4, -0.2) is 37.6 Å². The number of amides is 1. The van der Waals surface area contributed by atoms with Crippen LogP contribution in [0.15, 0.2) is 23.1 Å². The van der Waals surface area contributed by atoms with E-state index in [0.717, 1.165) is 4.47 Å². The maximum absolute atomic E-state index is 12.2. The van der Waals surface area contributed by atoms with Gasteiger partial charge in [0.1, 0.15) is 11.6 Å². The number of carbonyl (C=O) groups excluding carboxylic acids is 1. The highest BCUT2D eigenvalue weighted by atomic mass is 79.9. The summed E-state index contributed by atoms with van der Waals surface area (Å²) in [6, 6.07) is -0.928. The van der Waals surface area contributed by atoms with E-state index in [-0.39, 0.29) is 11.5 Å². The summed E-state index contributed by atoms with van der Waals surface area (Å²) in [6.45, 7) is 3.80. The predicted octanol–water partition coefficient (Wildman–Crippen LogP) is 1.72. The van der Waals surface area contributed by atoms with Crippen LogP contribution in [0.4, 0.5) is 0 Å². The molecule has 0 bridgehead atoms. The summed E-state index contributed by atoms with van der Waals surface area (Å²) < 4.78 is 2.19. The van der Waals surface area contributed by atoms with E-state index in [1.54, 1.807) is 12.4 Å². The zero-order valence-corrected chi connectivity index (χ0v) is 13.2. The average molecular weight is 355 g/mol. The Kier molecular flexibility index (Phi) is 4.56. The number of rotatable bonds is 5. The molecular formula is C13H15BrN4O3. The molecule has 2 aromatic heterocycles. The van der Waals surface area contributed by atoms with E-state index in [2.05, 4.69) is 31.3 Å². The first-order valence-electron chi connectivity index (χ1n) is 6.41. The SMILES string of the molecule is CC(C)C[C@@H](NC(=O)c1cnn2cc(Br)cnc12)C(=O)O. The molecule has 0 spiro atoms. The van der Waals surface area contributed by atoms with Gasteiger partial charge < -0.3 is 10.4 Å². The van der Waals surface area contributed by atoms with Crippen molar-refractivity contribution in [1.29, 1.82) is 0 Å². The summed E-state index contributed by atoms with van der Waals surface area (Å²) >= 11 is 3.26. The molecule has 1 amide bonds. The molecule has 2 N–H and O–H groups in total. The Morgan fingerprint density at radius 2 is 2.14 bits per heavy atom. The molecule has 0 saturated heterocycles. The molecule has 8 heteroatoms. The van der Waals surface area contributed by atoms with E-state index in [1.807, 2.05) is 13.8 Å². The molecule has 0 aliphatic carbocycles. The lowest BCUT2D eigenvalue weighted by Gasteiger charge is -2.15. The number of halogens is 1. The molecule has 0 aliphatic heterocycles. The maximum Gasteiger partial charge on any atom is 0.326 e. The van der Waals surface area contributed by atoms with E-state index in [1.165, 1.54) is 10.7 Å². The summed E-state index contributed by atoms with van der Waals surface area (Å²) in [5.41, 5.74) is 0.627. The summed E-state index contributed by atoms with van der Waals surface area (Å²) in [6.07, 6.45) is 4.95. The van der Waals surface area contributed by atoms with Crippen molar-refractivity contribution in [3.63, 3.8) is 0 Å². The van der Waals surface area contributed by atoms with Gasteiger partial charge >= 0.3 is 5.97 Å². The Labute approximate surface area is 129 Å². The molecule has 0 aromatic carbocycles. The molecule has 112 valence electrons. The Morgan fingerprint density at radius 1 is 1.43 bits per heavy atom. The largest absolute Gasteiger partial charge is 0.480 e. The molecule has 7 nitrogen and oxygen atoms in total. The molecule has 0 unspecified atom stereocenters. The number of fused-ring (bicyclic) bond motifs is 1. The number of nitrogens with one attached hydrogen (secondary N) is 1. The van der Waals surface area contributed by atoms with Crippen molar-refractivity contribution >= 4 is 33.5 Å². The van der Waals surface area contributed by atoms with Crippen molar-refractivity contribution in [3.8, 4) is 0 Å². The number of nitrogens with zero attached hydrogens (tertiary/aromatic N) is 3. The Hall–Kier alpha value is -1.96. The predicted molar refractivity (Wildman–Crippen MR) is 79.0 cm³/mol. The van der Waals surface area contributed by atoms with Gasteiger partial charge in [0.25, 0.3) is 5.91 Å². The van der Waals surface area contributed by atoms with Gasteiger partial charge in [-0.2, -0.15) is 5.10 Å². The first kappa shape index (κ1) is 15.4. The molecule has 0 aliphatic rings. The van der Waals surface area contributed by atoms with E-state index >= 15 is 0 Å². The monoisotopic (exact) mass is 354 g/mol. The number of carbonyl (C=O) groups is 2. The summed E-state index contributed by atoms with van der Waals surface area (Å²) in [5, 5.41) is 15.7. The van der Waals surface area contributed by atoms with E-state index in [0.29, 0.717) is 12.1 Å². The van der Waals surface area contributed by atoms with Crippen molar-refractivity contribution in [3.05, 3.63) is 28.6 Å². The number of hydrogen-bond acceptors (Lipinski definition) is 4. The normalized spacial score (nSPS) is 12.6. The Balaban J connectivity index is 2.23. The molecule has 0 radical (unpaired) electrons. The third-order valence-corrected chi connectivity index (χ3v) is 3.29. The van der Waals surface area contributed by atoms with Crippen LogP contribution in [0.3, 0.4) is 0 Å². The van der Waals surface area contributed by atoms with Crippen LogP contribution >= 0.6 is 15.9 Å². The van der Waals surface area contributed by atoms with Gasteiger partial charge in [0.2, 0.25) is 0 Å². The number of carboxylic acid groups (broad SMARTS) is 1. The standard InChI is InChI=1S/C13H15BrN4O3/c1-7(2)3-10(13(20)21)17-12(19)9-5-16-18-6-8(14)4-15-11(9)18/h4-7,10H,3H2,1-2H3,(H,17,19)(H,20,21)/t10-/m1/s1. The van der Waals surface area contributed by atoms with Crippen LogP contribution in [0.2, 0.25) is 0 Å². The molecular weight excluding hydrogens is 340 g/mol. The molecule has 1 atom stereocenters. The zero-order valence-electron chi connectivity index (χ0n) is 11.6. The van der Waals surface area contributed by atoms with Gasteiger partial charge in [-0.3, -0.25) is 4.79 Å². The van der Waals surface area contributed by atoms with Crippen molar-refractivity contribution in [1.82, 2.24) is 19.9 Å². The van der Waals surface area contributed by atoms with Crippen LogP contribution in [-0.2, 0) is 4.79 Å². The lowest BCUT2D eigenvalue weighted by Crippen LogP contribution is -2.41. The van der Waals surface area contributed by atoms with Crippen molar-refractivity contribution < 1.29 is 14.7 Å². The highest BCUT2D eigenvalue weighted by molar-refractivity contribution is 9.10. The van der Waals surface area contributed by atoms with Crippen molar-refractivity contribution in [2.75, 3.05) is 0 Å². The van der Waals surface area contributed by atoms with Crippen LogP contribution in [0.1, 0.15) is 30.6 Å². The van der Waals surface area contributed by atoms with Gasteiger partial charge in [0.15, 0.2) is 5.65 Å². The summed E-state index contributed by atoms with van der Waals surface area (Å²) in [4.78, 5) is 27.5. The molecule has 2 aromatic rings. The van der Waals surface area contributed by atoms with Gasteiger partial charge in [-0.1, -0.05) is 13.8 Å². The highest BCUT2D eigenvalue weighted by Crippen LogP contribution is 2.13. The third-order valence-electron chi connectivity index (χ3n) is 2.88. The zero-order chi connectivity index (χ0) is 15.6. The molecule has 2 heterocycles. The van der Waals surface area contributed by atoms with Gasteiger partial charge in [0, 0.05) is 12.4 Å². The van der Waals surface area contributed by atoms with Crippen molar-refractivity contribution in [2.24, 2.45) is 5.92 Å². The minimum Gasteiger partial charge on any atom is -0.480 e. The smallest absolute Gasteiger partial charge is 0.326 e. The van der Waals surface area contributed by atoms with Gasteiger partial charge in [-0.05, 0) is 28.3 Å². The lowest BCUT2D eigenvalue weighted by molar-refractivity contribution is -0.139. The lowest BCUT2D eigenvalue weighted by atomic mass is 10.0. The second-order valence-electron chi connectivity index (χ2n) is 5.09. The van der Waals surface area contributed by atoms with E-state index < -0.39 is 17.9 Å². The van der Waals surface area contributed by atoms with E-state index in [9.17, 15) is 9.59 Å². The van der Waals surface area contributed by atoms with Gasteiger partial charge in [-0.25, -0.2) is 14.3 Å². The Morgan fingerprint density at radius 3 is 2.76 bits per heavy atom. The number of carboxylic acids is 1. The number of hydrogen-bond donors (Lipinski definition) is 2. The quantitative estimate of drug-likeness (QED) is 0.851. The first-order valence-corrected chi connectivity index (χ1v) is 7.20. The molecule has 0 fully saturated rings. The van der Waals surface area contributed by atoms with Crippen LogP contribution < -0.4 is 5.32 Å². The van der Waals surface area contributed by atoms with Crippen molar-refractivity contribution in [2.45, 2.75) is 26.3 Å². The van der Waals surface area contributed by atoms with Gasteiger partial charge in [-0.15, -0.1) is 0 Å². The first-order chi connectivity index (χ1) is 9.88. The number of aliphatic carboxylic acids is 1.